The molecule has 0 aliphatic carbocycles. The predicted octanol–water partition coefficient (Wildman–Crippen LogP) is 4.17. The number of carbonyl (C=O) groups is 1. The maximum absolute atomic E-state index is 12.6. The number of benzene rings is 2. The van der Waals surface area contributed by atoms with Crippen molar-refractivity contribution >= 4 is 11.6 Å². The third kappa shape index (κ3) is 7.53. The Kier molecular flexibility index (Phi) is 9.02. The number of hydrogen-bond donors (Lipinski definition) is 1. The normalized spacial score (nSPS) is 11.1. The van der Waals surface area contributed by atoms with Gasteiger partial charge in [-0.05, 0) is 50.2 Å². The van der Waals surface area contributed by atoms with E-state index in [0.717, 1.165) is 50.4 Å². The summed E-state index contributed by atoms with van der Waals surface area (Å²) in [5.74, 6) is 0.0445. The van der Waals surface area contributed by atoms with Crippen LogP contribution in [0.15, 0.2) is 54.6 Å². The van der Waals surface area contributed by atoms with E-state index >= 15 is 0 Å². The van der Waals surface area contributed by atoms with Crippen LogP contribution in [-0.4, -0.2) is 48.4 Å². The van der Waals surface area contributed by atoms with Gasteiger partial charge in [-0.2, -0.15) is 0 Å². The second kappa shape index (κ2) is 11.5. The summed E-state index contributed by atoms with van der Waals surface area (Å²) < 4.78 is 0. The van der Waals surface area contributed by atoms with Crippen molar-refractivity contribution in [3.05, 3.63) is 65.7 Å². The summed E-state index contributed by atoms with van der Waals surface area (Å²) in [4.78, 5) is 17.3. The molecule has 0 saturated carbocycles. The number of nitrogens with one attached hydrogen (secondary N) is 1. The van der Waals surface area contributed by atoms with Gasteiger partial charge in [0.25, 0.3) is 0 Å². The van der Waals surface area contributed by atoms with Crippen LogP contribution in [0.2, 0.25) is 0 Å². The first-order valence-electron chi connectivity index (χ1n) is 9.96. The molecule has 1 N–H and O–H groups in total. The fourth-order valence-corrected chi connectivity index (χ4v) is 3.22. The molecule has 0 fully saturated rings. The third-order valence-electron chi connectivity index (χ3n) is 4.88. The highest BCUT2D eigenvalue weighted by Crippen LogP contribution is 2.13. The Morgan fingerprint density at radius 2 is 1.52 bits per heavy atom. The fraction of sp³-hybridized carbons (Fsp3) is 0.435. The Morgan fingerprint density at radius 1 is 0.889 bits per heavy atom. The van der Waals surface area contributed by atoms with Gasteiger partial charge in [0, 0.05) is 18.8 Å². The largest absolute Gasteiger partial charge is 0.325 e. The van der Waals surface area contributed by atoms with E-state index in [0.29, 0.717) is 6.54 Å². The molecule has 0 atom stereocenters. The Balaban J connectivity index is 1.95. The van der Waals surface area contributed by atoms with Crippen molar-refractivity contribution in [2.75, 3.05) is 38.0 Å². The van der Waals surface area contributed by atoms with Crippen LogP contribution in [0.1, 0.15) is 31.4 Å². The number of carbonyl (C=O) groups excluding carboxylic acids is 1. The van der Waals surface area contributed by atoms with Crippen molar-refractivity contribution in [2.45, 2.75) is 33.7 Å². The number of hydrogen-bond acceptors (Lipinski definition) is 3. The molecule has 0 radical (unpaired) electrons. The van der Waals surface area contributed by atoms with E-state index in [4.69, 9.17) is 0 Å². The number of anilines is 1. The van der Waals surface area contributed by atoms with Crippen LogP contribution < -0.4 is 5.32 Å². The van der Waals surface area contributed by atoms with Crippen molar-refractivity contribution in [1.29, 1.82) is 0 Å². The SMILES string of the molecule is CCN(CC)CCCN(CC(=O)Nc1ccccc1C)Cc1ccccc1. The van der Waals surface area contributed by atoms with E-state index in [9.17, 15) is 4.79 Å². The van der Waals surface area contributed by atoms with E-state index < -0.39 is 0 Å². The first-order chi connectivity index (χ1) is 13.1. The molecule has 27 heavy (non-hydrogen) atoms. The summed E-state index contributed by atoms with van der Waals surface area (Å²) in [6.07, 6.45) is 1.06. The first-order valence-corrected chi connectivity index (χ1v) is 9.96. The van der Waals surface area contributed by atoms with Crippen molar-refractivity contribution in [3.63, 3.8) is 0 Å². The molecule has 2 aromatic rings. The van der Waals surface area contributed by atoms with E-state index in [1.54, 1.807) is 0 Å². The van der Waals surface area contributed by atoms with Gasteiger partial charge in [-0.3, -0.25) is 9.69 Å². The van der Waals surface area contributed by atoms with Crippen molar-refractivity contribution in [2.24, 2.45) is 0 Å². The molecular formula is C23H33N3O. The van der Waals surface area contributed by atoms with Gasteiger partial charge in [-0.1, -0.05) is 62.4 Å². The highest BCUT2D eigenvalue weighted by Gasteiger charge is 2.13. The van der Waals surface area contributed by atoms with E-state index in [1.165, 1.54) is 5.56 Å². The molecular weight excluding hydrogens is 334 g/mol. The zero-order valence-corrected chi connectivity index (χ0v) is 16.9. The predicted molar refractivity (Wildman–Crippen MR) is 114 cm³/mol. The molecule has 0 bridgehead atoms. The highest BCUT2D eigenvalue weighted by molar-refractivity contribution is 5.92. The monoisotopic (exact) mass is 367 g/mol. The number of amides is 1. The van der Waals surface area contributed by atoms with Crippen LogP contribution in [0.3, 0.4) is 0 Å². The van der Waals surface area contributed by atoms with Crippen LogP contribution in [0, 0.1) is 6.92 Å². The van der Waals surface area contributed by atoms with Crippen molar-refractivity contribution in [3.8, 4) is 0 Å². The Morgan fingerprint density at radius 3 is 2.19 bits per heavy atom. The van der Waals surface area contributed by atoms with Gasteiger partial charge >= 0.3 is 0 Å². The molecule has 4 heteroatoms. The minimum atomic E-state index is 0.0445. The lowest BCUT2D eigenvalue weighted by molar-refractivity contribution is -0.117. The summed E-state index contributed by atoms with van der Waals surface area (Å²) in [5.41, 5.74) is 3.22. The first kappa shape index (κ1) is 21.1. The van der Waals surface area contributed by atoms with Gasteiger partial charge in [0.15, 0.2) is 0 Å². The molecule has 0 saturated heterocycles. The minimum absolute atomic E-state index is 0.0445. The van der Waals surface area contributed by atoms with Gasteiger partial charge in [0.1, 0.15) is 0 Å². The summed E-state index contributed by atoms with van der Waals surface area (Å²) in [6.45, 7) is 11.7. The second-order valence-electron chi connectivity index (χ2n) is 6.94. The lowest BCUT2D eigenvalue weighted by Crippen LogP contribution is -2.35. The second-order valence-corrected chi connectivity index (χ2v) is 6.94. The van der Waals surface area contributed by atoms with Gasteiger partial charge in [0.2, 0.25) is 5.91 Å². The van der Waals surface area contributed by atoms with Crippen LogP contribution in [0.4, 0.5) is 5.69 Å². The average Bonchev–Trinajstić information content (AvgIpc) is 2.68. The molecule has 0 aromatic heterocycles. The van der Waals surface area contributed by atoms with E-state index in [1.807, 2.05) is 37.3 Å². The minimum Gasteiger partial charge on any atom is -0.325 e. The molecule has 2 aromatic carbocycles. The highest BCUT2D eigenvalue weighted by atomic mass is 16.2. The van der Waals surface area contributed by atoms with Crippen LogP contribution in [-0.2, 0) is 11.3 Å². The van der Waals surface area contributed by atoms with Crippen LogP contribution in [0.5, 0.6) is 0 Å². The number of rotatable bonds is 11. The zero-order chi connectivity index (χ0) is 19.5. The van der Waals surface area contributed by atoms with Gasteiger partial charge in [-0.15, -0.1) is 0 Å². The molecule has 1 amide bonds. The molecule has 0 heterocycles. The third-order valence-corrected chi connectivity index (χ3v) is 4.88. The van der Waals surface area contributed by atoms with Crippen molar-refractivity contribution in [1.82, 2.24) is 9.80 Å². The number of nitrogens with zero attached hydrogens (tertiary/aromatic N) is 2. The Bertz CT molecular complexity index is 683. The summed E-state index contributed by atoms with van der Waals surface area (Å²) in [7, 11) is 0. The Labute approximate surface area is 164 Å². The van der Waals surface area contributed by atoms with E-state index in [-0.39, 0.29) is 5.91 Å². The molecule has 0 aliphatic rings. The lowest BCUT2D eigenvalue weighted by Gasteiger charge is -2.24. The molecule has 0 unspecified atom stereocenters. The quantitative estimate of drug-likeness (QED) is 0.647. The van der Waals surface area contributed by atoms with Crippen LogP contribution in [0.25, 0.3) is 0 Å². The molecule has 0 aliphatic heterocycles. The van der Waals surface area contributed by atoms with Crippen LogP contribution >= 0.6 is 0 Å². The molecule has 146 valence electrons. The average molecular weight is 368 g/mol. The zero-order valence-electron chi connectivity index (χ0n) is 16.9. The molecule has 2 rings (SSSR count). The van der Waals surface area contributed by atoms with E-state index in [2.05, 4.69) is 53.2 Å². The topological polar surface area (TPSA) is 35.6 Å². The van der Waals surface area contributed by atoms with Gasteiger partial charge in [-0.25, -0.2) is 0 Å². The summed E-state index contributed by atoms with van der Waals surface area (Å²) >= 11 is 0. The smallest absolute Gasteiger partial charge is 0.238 e. The maximum Gasteiger partial charge on any atom is 0.238 e. The number of aryl methyl sites for hydroxylation is 1. The lowest BCUT2D eigenvalue weighted by atomic mass is 10.2. The fourth-order valence-electron chi connectivity index (χ4n) is 3.22. The Hall–Kier alpha value is -2.17. The summed E-state index contributed by atoms with van der Waals surface area (Å²) in [6, 6.07) is 18.3. The van der Waals surface area contributed by atoms with Gasteiger partial charge < -0.3 is 10.2 Å². The summed E-state index contributed by atoms with van der Waals surface area (Å²) in [5, 5.41) is 3.06. The number of para-hydroxylation sites is 1. The standard InChI is InChI=1S/C23H33N3O/c1-4-25(5-2)16-11-17-26(18-21-13-7-6-8-14-21)19-23(27)24-22-15-10-9-12-20(22)3/h6-10,12-15H,4-5,11,16-19H2,1-3H3,(H,24,27). The van der Waals surface area contributed by atoms with Gasteiger partial charge in [0.05, 0.1) is 6.54 Å². The molecule has 0 spiro atoms. The van der Waals surface area contributed by atoms with Crippen molar-refractivity contribution < 1.29 is 4.79 Å². The molecule has 4 nitrogen and oxygen atoms in total. The maximum atomic E-state index is 12.6.